The van der Waals surface area contributed by atoms with E-state index >= 15 is 0 Å². The molecule has 0 radical (unpaired) electrons. The standard InChI is InChI=1S/C14H19FN2O2S2/c15-11-8-5-9-12(13(11)14(16)20)21(18,19)17-10-6-3-1-2-4-7-10/h5,8-10,17H,1-4,6-7H2,(H2,16,20). The fourth-order valence-corrected chi connectivity index (χ4v) is 4.45. The van der Waals surface area contributed by atoms with Crippen molar-refractivity contribution in [2.75, 3.05) is 0 Å². The van der Waals surface area contributed by atoms with E-state index < -0.39 is 15.8 Å². The van der Waals surface area contributed by atoms with Crippen molar-refractivity contribution in [2.45, 2.75) is 49.5 Å². The van der Waals surface area contributed by atoms with Gasteiger partial charge in [-0.2, -0.15) is 0 Å². The number of hydrogen-bond donors (Lipinski definition) is 2. The van der Waals surface area contributed by atoms with Gasteiger partial charge in [-0.15, -0.1) is 0 Å². The first-order valence-corrected chi connectivity index (χ1v) is 8.91. The highest BCUT2D eigenvalue weighted by Gasteiger charge is 2.26. The summed E-state index contributed by atoms with van der Waals surface area (Å²) in [5.74, 6) is -0.716. The average Bonchev–Trinajstić information content (AvgIpc) is 2.66. The lowest BCUT2D eigenvalue weighted by atomic mass is 10.1. The summed E-state index contributed by atoms with van der Waals surface area (Å²) < 4.78 is 41.5. The Hall–Kier alpha value is -1.05. The molecule has 0 unspecified atom stereocenters. The molecule has 1 aliphatic carbocycles. The molecule has 1 aromatic rings. The Morgan fingerprint density at radius 2 is 1.86 bits per heavy atom. The summed E-state index contributed by atoms with van der Waals surface area (Å²) in [4.78, 5) is -0.436. The summed E-state index contributed by atoms with van der Waals surface area (Å²) in [5.41, 5.74) is 5.26. The van der Waals surface area contributed by atoms with Gasteiger partial charge in [0.1, 0.15) is 10.8 Å². The van der Waals surface area contributed by atoms with Gasteiger partial charge in [0.15, 0.2) is 0 Å². The predicted octanol–water partition coefficient (Wildman–Crippen LogP) is 2.46. The van der Waals surface area contributed by atoms with Crippen molar-refractivity contribution in [1.29, 1.82) is 0 Å². The minimum atomic E-state index is -3.83. The van der Waals surface area contributed by atoms with Crippen molar-refractivity contribution >= 4 is 27.2 Å². The molecule has 0 atom stereocenters. The van der Waals surface area contributed by atoms with Gasteiger partial charge in [0, 0.05) is 6.04 Å². The SMILES string of the molecule is NC(=S)c1c(F)cccc1S(=O)(=O)NC1CCCCCC1. The van der Waals surface area contributed by atoms with Crippen LogP contribution in [0.15, 0.2) is 23.1 Å². The Morgan fingerprint density at radius 3 is 2.43 bits per heavy atom. The highest BCUT2D eigenvalue weighted by atomic mass is 32.2. The Bertz CT molecular complexity index is 624. The molecule has 21 heavy (non-hydrogen) atoms. The van der Waals surface area contributed by atoms with Gasteiger partial charge in [-0.05, 0) is 25.0 Å². The summed E-state index contributed by atoms with van der Waals surface area (Å²) >= 11 is 4.78. The Balaban J connectivity index is 2.31. The molecule has 0 saturated heterocycles. The van der Waals surface area contributed by atoms with E-state index in [0.29, 0.717) is 0 Å². The van der Waals surface area contributed by atoms with Crippen molar-refractivity contribution in [2.24, 2.45) is 5.73 Å². The number of thiocarbonyl (C=S) groups is 1. The van der Waals surface area contributed by atoms with E-state index in [2.05, 4.69) is 4.72 Å². The zero-order valence-electron chi connectivity index (χ0n) is 11.6. The molecule has 7 heteroatoms. The van der Waals surface area contributed by atoms with Gasteiger partial charge in [0.2, 0.25) is 10.0 Å². The van der Waals surface area contributed by atoms with Crippen LogP contribution in [0.5, 0.6) is 0 Å². The maximum atomic E-state index is 13.8. The smallest absolute Gasteiger partial charge is 0.241 e. The van der Waals surface area contributed by atoms with E-state index in [9.17, 15) is 12.8 Å². The molecule has 2 rings (SSSR count). The molecule has 4 nitrogen and oxygen atoms in total. The van der Waals surface area contributed by atoms with Crippen LogP contribution in [0.2, 0.25) is 0 Å². The molecular weight excluding hydrogens is 311 g/mol. The van der Waals surface area contributed by atoms with Crippen LogP contribution in [0.1, 0.15) is 44.1 Å². The molecule has 116 valence electrons. The molecule has 1 aliphatic rings. The van der Waals surface area contributed by atoms with Gasteiger partial charge in [0.25, 0.3) is 0 Å². The monoisotopic (exact) mass is 330 g/mol. The molecule has 0 heterocycles. The van der Waals surface area contributed by atoms with Gasteiger partial charge in [0.05, 0.1) is 10.5 Å². The number of rotatable bonds is 4. The lowest BCUT2D eigenvalue weighted by Crippen LogP contribution is -2.35. The summed E-state index contributed by atoms with van der Waals surface area (Å²) in [7, 11) is -3.83. The minimum absolute atomic E-state index is 0.111. The van der Waals surface area contributed by atoms with Crippen LogP contribution < -0.4 is 10.5 Å². The van der Waals surface area contributed by atoms with Crippen LogP contribution in [0.25, 0.3) is 0 Å². The first-order valence-electron chi connectivity index (χ1n) is 7.02. The van der Waals surface area contributed by atoms with Crippen LogP contribution in [-0.4, -0.2) is 19.4 Å². The van der Waals surface area contributed by atoms with Crippen molar-refractivity contribution in [1.82, 2.24) is 4.72 Å². The largest absolute Gasteiger partial charge is 0.389 e. The van der Waals surface area contributed by atoms with Crippen molar-refractivity contribution < 1.29 is 12.8 Å². The fraction of sp³-hybridized carbons (Fsp3) is 0.500. The number of nitrogens with two attached hydrogens (primary N) is 1. The second-order valence-corrected chi connectivity index (χ2v) is 7.41. The Kier molecular flexibility index (Phi) is 5.29. The van der Waals surface area contributed by atoms with Crippen LogP contribution in [0.3, 0.4) is 0 Å². The van der Waals surface area contributed by atoms with Gasteiger partial charge in [-0.3, -0.25) is 0 Å². The summed E-state index contributed by atoms with van der Waals surface area (Å²) in [6.07, 6.45) is 5.84. The Labute approximate surface area is 130 Å². The highest BCUT2D eigenvalue weighted by molar-refractivity contribution is 7.89. The summed E-state index contributed by atoms with van der Waals surface area (Å²) in [6.45, 7) is 0. The second-order valence-electron chi connectivity index (χ2n) is 5.29. The maximum absolute atomic E-state index is 13.8. The van der Waals surface area contributed by atoms with E-state index in [1.165, 1.54) is 12.1 Å². The molecule has 0 aromatic heterocycles. The van der Waals surface area contributed by atoms with Gasteiger partial charge in [-0.25, -0.2) is 17.5 Å². The zero-order chi connectivity index (χ0) is 15.5. The van der Waals surface area contributed by atoms with Crippen LogP contribution in [-0.2, 0) is 10.0 Å². The maximum Gasteiger partial charge on any atom is 0.241 e. The van der Waals surface area contributed by atoms with Crippen molar-refractivity contribution in [3.8, 4) is 0 Å². The third kappa shape index (κ3) is 3.99. The number of hydrogen-bond acceptors (Lipinski definition) is 3. The second kappa shape index (κ2) is 6.81. The van der Waals surface area contributed by atoms with Crippen molar-refractivity contribution in [3.05, 3.63) is 29.6 Å². The minimum Gasteiger partial charge on any atom is -0.389 e. The topological polar surface area (TPSA) is 72.2 Å². The van der Waals surface area contributed by atoms with Crippen molar-refractivity contribution in [3.63, 3.8) is 0 Å². The molecule has 0 spiro atoms. The molecular formula is C14H19FN2O2S2. The number of benzene rings is 1. The van der Waals surface area contributed by atoms with Gasteiger partial charge in [-0.1, -0.05) is 44.0 Å². The first-order chi connectivity index (χ1) is 9.92. The van der Waals surface area contributed by atoms with Crippen LogP contribution in [0.4, 0.5) is 4.39 Å². The van der Waals surface area contributed by atoms with Crippen LogP contribution >= 0.6 is 12.2 Å². The molecule has 3 N–H and O–H groups in total. The molecule has 1 saturated carbocycles. The molecule has 0 bridgehead atoms. The third-order valence-electron chi connectivity index (χ3n) is 3.69. The molecule has 0 amide bonds. The third-order valence-corrected chi connectivity index (χ3v) is 5.46. The fourth-order valence-electron chi connectivity index (χ4n) is 2.65. The lowest BCUT2D eigenvalue weighted by Gasteiger charge is -2.18. The zero-order valence-corrected chi connectivity index (χ0v) is 13.3. The number of halogens is 1. The molecule has 1 fully saturated rings. The number of nitrogens with one attached hydrogen (secondary N) is 1. The lowest BCUT2D eigenvalue weighted by molar-refractivity contribution is 0.509. The predicted molar refractivity (Wildman–Crippen MR) is 84.1 cm³/mol. The first kappa shape index (κ1) is 16.3. The van der Waals surface area contributed by atoms with E-state index in [0.717, 1.165) is 44.6 Å². The van der Waals surface area contributed by atoms with Gasteiger partial charge < -0.3 is 5.73 Å². The normalized spacial score (nSPS) is 17.4. The summed E-state index contributed by atoms with van der Waals surface area (Å²) in [5, 5.41) is 0. The average molecular weight is 330 g/mol. The summed E-state index contributed by atoms with van der Waals surface area (Å²) in [6, 6.07) is 3.72. The number of sulfonamides is 1. The van der Waals surface area contributed by atoms with E-state index in [1.807, 2.05) is 0 Å². The van der Waals surface area contributed by atoms with E-state index in [-0.39, 0.29) is 21.5 Å². The Morgan fingerprint density at radius 1 is 1.24 bits per heavy atom. The van der Waals surface area contributed by atoms with E-state index in [4.69, 9.17) is 18.0 Å². The quantitative estimate of drug-likeness (QED) is 0.657. The van der Waals surface area contributed by atoms with E-state index in [1.54, 1.807) is 0 Å². The van der Waals surface area contributed by atoms with Crippen LogP contribution in [0, 0.1) is 5.82 Å². The highest BCUT2D eigenvalue weighted by Crippen LogP contribution is 2.22. The molecule has 0 aliphatic heterocycles. The molecule has 1 aromatic carbocycles. The van der Waals surface area contributed by atoms with Gasteiger partial charge >= 0.3 is 0 Å².